The van der Waals surface area contributed by atoms with E-state index in [4.69, 9.17) is 16.7 Å². The molecule has 2 rings (SSSR count). The van der Waals surface area contributed by atoms with Crippen LogP contribution in [0.3, 0.4) is 0 Å². The van der Waals surface area contributed by atoms with Gasteiger partial charge in [0.25, 0.3) is 0 Å². The van der Waals surface area contributed by atoms with E-state index in [1.165, 1.54) is 0 Å². The second-order valence-corrected chi connectivity index (χ2v) is 6.02. The van der Waals surface area contributed by atoms with E-state index in [0.717, 1.165) is 11.1 Å². The van der Waals surface area contributed by atoms with Gasteiger partial charge in [-0.25, -0.2) is 0 Å². The summed E-state index contributed by atoms with van der Waals surface area (Å²) >= 11 is 5.88. The number of rotatable bonds is 7. The van der Waals surface area contributed by atoms with Gasteiger partial charge in [-0.3, -0.25) is 9.59 Å². The van der Waals surface area contributed by atoms with Crippen molar-refractivity contribution in [2.75, 3.05) is 0 Å². The monoisotopic (exact) mass is 345 g/mol. The first-order chi connectivity index (χ1) is 11.5. The van der Waals surface area contributed by atoms with Gasteiger partial charge in [-0.2, -0.15) is 0 Å². The van der Waals surface area contributed by atoms with Crippen LogP contribution in [0, 0.1) is 0 Å². The molecule has 24 heavy (non-hydrogen) atoms. The molecule has 126 valence electrons. The topological polar surface area (TPSA) is 66.4 Å². The minimum atomic E-state index is -0.969. The lowest BCUT2D eigenvalue weighted by Gasteiger charge is -2.22. The van der Waals surface area contributed by atoms with Crippen molar-refractivity contribution in [3.63, 3.8) is 0 Å². The highest BCUT2D eigenvalue weighted by Crippen LogP contribution is 2.24. The number of aliphatic carboxylic acids is 1. The average molecular weight is 346 g/mol. The van der Waals surface area contributed by atoms with Crippen LogP contribution in [-0.2, 0) is 9.59 Å². The lowest BCUT2D eigenvalue weighted by molar-refractivity contribution is -0.137. The summed E-state index contributed by atoms with van der Waals surface area (Å²) in [6.07, 6.45) is 0.453. The van der Waals surface area contributed by atoms with Gasteiger partial charge in [-0.1, -0.05) is 61.0 Å². The molecule has 0 saturated heterocycles. The van der Waals surface area contributed by atoms with Gasteiger partial charge in [0.1, 0.15) is 0 Å². The Morgan fingerprint density at radius 2 is 1.67 bits per heavy atom. The number of carbonyl (C=O) groups is 2. The standard InChI is InChI=1S/C19H20ClNO3/c1-2-16(13-6-4-3-5-7-13)19(24)21-17(12-18(22)23)14-8-10-15(20)11-9-14/h3-11,16-17H,2,12H2,1H3,(H,21,24)(H,22,23)/t16-,17-/m1/s1. The summed E-state index contributed by atoms with van der Waals surface area (Å²) in [4.78, 5) is 23.8. The molecular formula is C19H20ClNO3. The first-order valence-corrected chi connectivity index (χ1v) is 8.21. The molecular weight excluding hydrogens is 326 g/mol. The molecule has 2 aromatic rings. The molecule has 0 aliphatic carbocycles. The van der Waals surface area contributed by atoms with Crippen LogP contribution in [-0.4, -0.2) is 17.0 Å². The van der Waals surface area contributed by atoms with Gasteiger partial charge in [0.15, 0.2) is 0 Å². The number of hydrogen-bond donors (Lipinski definition) is 2. The Morgan fingerprint density at radius 1 is 1.04 bits per heavy atom. The summed E-state index contributed by atoms with van der Waals surface area (Å²) in [5, 5.41) is 12.6. The van der Waals surface area contributed by atoms with E-state index in [-0.39, 0.29) is 18.2 Å². The van der Waals surface area contributed by atoms with Gasteiger partial charge in [0.05, 0.1) is 18.4 Å². The molecule has 5 heteroatoms. The van der Waals surface area contributed by atoms with Gasteiger partial charge in [0.2, 0.25) is 5.91 Å². The molecule has 0 saturated carbocycles. The average Bonchev–Trinajstić information content (AvgIpc) is 2.56. The SMILES string of the molecule is CC[C@@H](C(=O)N[C@H](CC(=O)O)c1ccc(Cl)cc1)c1ccccc1. The Labute approximate surface area is 146 Å². The molecule has 0 aromatic heterocycles. The van der Waals surface area contributed by atoms with Crippen LogP contribution < -0.4 is 5.32 Å². The molecule has 2 aromatic carbocycles. The smallest absolute Gasteiger partial charge is 0.305 e. The van der Waals surface area contributed by atoms with Crippen LogP contribution in [0.5, 0.6) is 0 Å². The molecule has 2 N–H and O–H groups in total. The molecule has 0 unspecified atom stereocenters. The predicted molar refractivity (Wildman–Crippen MR) is 94.1 cm³/mol. The second kappa shape index (κ2) is 8.50. The van der Waals surface area contributed by atoms with E-state index in [1.54, 1.807) is 24.3 Å². The number of halogens is 1. The fourth-order valence-electron chi connectivity index (χ4n) is 2.65. The van der Waals surface area contributed by atoms with Crippen LogP contribution in [0.25, 0.3) is 0 Å². The Morgan fingerprint density at radius 3 is 2.21 bits per heavy atom. The summed E-state index contributed by atoms with van der Waals surface area (Å²) in [6, 6.07) is 15.7. The first-order valence-electron chi connectivity index (χ1n) is 7.83. The van der Waals surface area contributed by atoms with Crippen molar-refractivity contribution in [3.8, 4) is 0 Å². The molecule has 0 radical (unpaired) electrons. The van der Waals surface area contributed by atoms with E-state index < -0.39 is 12.0 Å². The highest BCUT2D eigenvalue weighted by atomic mass is 35.5. The van der Waals surface area contributed by atoms with Gasteiger partial charge < -0.3 is 10.4 Å². The fourth-order valence-corrected chi connectivity index (χ4v) is 2.78. The van der Waals surface area contributed by atoms with Crippen molar-refractivity contribution in [3.05, 3.63) is 70.7 Å². The molecule has 1 amide bonds. The van der Waals surface area contributed by atoms with Crippen LogP contribution >= 0.6 is 11.6 Å². The Hall–Kier alpha value is -2.33. The first kappa shape index (κ1) is 18.0. The lowest BCUT2D eigenvalue weighted by Crippen LogP contribution is -2.34. The highest BCUT2D eigenvalue weighted by Gasteiger charge is 2.24. The second-order valence-electron chi connectivity index (χ2n) is 5.58. The number of amides is 1. The summed E-state index contributed by atoms with van der Waals surface area (Å²) in [5.74, 6) is -1.46. The maximum absolute atomic E-state index is 12.7. The molecule has 2 atom stereocenters. The molecule has 0 spiro atoms. The normalized spacial score (nSPS) is 13.1. The summed E-state index contributed by atoms with van der Waals surface area (Å²) in [7, 11) is 0. The minimum absolute atomic E-state index is 0.176. The summed E-state index contributed by atoms with van der Waals surface area (Å²) in [6.45, 7) is 1.94. The largest absolute Gasteiger partial charge is 0.481 e. The number of carboxylic acid groups (broad SMARTS) is 1. The number of carbonyl (C=O) groups excluding carboxylic acids is 1. The van der Waals surface area contributed by atoms with E-state index in [9.17, 15) is 9.59 Å². The zero-order valence-electron chi connectivity index (χ0n) is 13.4. The van der Waals surface area contributed by atoms with Gasteiger partial charge in [-0.15, -0.1) is 0 Å². The van der Waals surface area contributed by atoms with Crippen LogP contribution in [0.15, 0.2) is 54.6 Å². The van der Waals surface area contributed by atoms with Gasteiger partial charge in [-0.05, 0) is 29.7 Å². The Balaban J connectivity index is 2.20. The van der Waals surface area contributed by atoms with Crippen molar-refractivity contribution < 1.29 is 14.7 Å². The van der Waals surface area contributed by atoms with Crippen molar-refractivity contribution in [1.82, 2.24) is 5.32 Å². The summed E-state index contributed by atoms with van der Waals surface area (Å²) < 4.78 is 0. The third-order valence-electron chi connectivity index (χ3n) is 3.89. The molecule has 0 fully saturated rings. The molecule has 4 nitrogen and oxygen atoms in total. The lowest BCUT2D eigenvalue weighted by atomic mass is 9.94. The Bertz CT molecular complexity index is 686. The van der Waals surface area contributed by atoms with Gasteiger partial charge >= 0.3 is 5.97 Å². The number of benzene rings is 2. The molecule has 0 aliphatic heterocycles. The fraction of sp³-hybridized carbons (Fsp3) is 0.263. The predicted octanol–water partition coefficient (Wildman–Crippen LogP) is 4.17. The maximum Gasteiger partial charge on any atom is 0.305 e. The Kier molecular flexibility index (Phi) is 6.38. The van der Waals surface area contributed by atoms with Crippen molar-refractivity contribution in [2.45, 2.75) is 31.7 Å². The zero-order valence-corrected chi connectivity index (χ0v) is 14.2. The van der Waals surface area contributed by atoms with Crippen LogP contribution in [0.1, 0.15) is 42.9 Å². The third-order valence-corrected chi connectivity index (χ3v) is 4.15. The van der Waals surface area contributed by atoms with E-state index in [2.05, 4.69) is 5.32 Å². The summed E-state index contributed by atoms with van der Waals surface area (Å²) in [5.41, 5.74) is 1.64. The minimum Gasteiger partial charge on any atom is -0.481 e. The highest BCUT2D eigenvalue weighted by molar-refractivity contribution is 6.30. The maximum atomic E-state index is 12.7. The number of nitrogens with one attached hydrogen (secondary N) is 1. The van der Waals surface area contributed by atoms with Crippen molar-refractivity contribution >= 4 is 23.5 Å². The van der Waals surface area contributed by atoms with Crippen molar-refractivity contribution in [1.29, 1.82) is 0 Å². The zero-order chi connectivity index (χ0) is 17.5. The quantitative estimate of drug-likeness (QED) is 0.791. The number of carboxylic acids is 1. The van der Waals surface area contributed by atoms with Crippen LogP contribution in [0.2, 0.25) is 5.02 Å². The van der Waals surface area contributed by atoms with Gasteiger partial charge in [0, 0.05) is 5.02 Å². The van der Waals surface area contributed by atoms with E-state index in [1.807, 2.05) is 37.3 Å². The number of hydrogen-bond acceptors (Lipinski definition) is 2. The van der Waals surface area contributed by atoms with E-state index in [0.29, 0.717) is 11.4 Å². The third kappa shape index (κ3) is 4.83. The molecule has 0 heterocycles. The molecule has 0 bridgehead atoms. The van der Waals surface area contributed by atoms with Crippen LogP contribution in [0.4, 0.5) is 0 Å². The van der Waals surface area contributed by atoms with Crippen molar-refractivity contribution in [2.24, 2.45) is 0 Å². The van der Waals surface area contributed by atoms with E-state index >= 15 is 0 Å². The molecule has 0 aliphatic rings.